The van der Waals surface area contributed by atoms with Gasteiger partial charge in [-0.05, 0) is 48.3 Å². The first-order valence-electron chi connectivity index (χ1n) is 6.50. The first-order chi connectivity index (χ1) is 7.98. The highest BCUT2D eigenvalue weighted by molar-refractivity contribution is 7.91. The topological polar surface area (TPSA) is 34.1 Å². The van der Waals surface area contributed by atoms with Crippen molar-refractivity contribution in [1.82, 2.24) is 0 Å². The van der Waals surface area contributed by atoms with Gasteiger partial charge in [0.1, 0.15) is 6.17 Å². The molecule has 0 aromatic rings. The molecule has 3 fully saturated rings. The summed E-state index contributed by atoms with van der Waals surface area (Å²) in [7, 11) is -3.24. The van der Waals surface area contributed by atoms with E-state index in [1.165, 1.54) is 6.26 Å². The van der Waals surface area contributed by atoms with Crippen LogP contribution in [0.2, 0.25) is 0 Å². The van der Waals surface area contributed by atoms with E-state index in [-0.39, 0.29) is 11.8 Å². The van der Waals surface area contributed by atoms with Crippen LogP contribution in [0.15, 0.2) is 12.2 Å². The van der Waals surface area contributed by atoms with E-state index in [2.05, 4.69) is 12.2 Å². The van der Waals surface area contributed by atoms with Gasteiger partial charge < -0.3 is 0 Å². The average molecular weight is 256 g/mol. The maximum Gasteiger partial charge on any atom is 0.153 e. The minimum absolute atomic E-state index is 0.0182. The molecule has 0 saturated heterocycles. The molecule has 4 aliphatic carbocycles. The Labute approximate surface area is 101 Å². The van der Waals surface area contributed by atoms with Gasteiger partial charge in [-0.3, -0.25) is 0 Å². The zero-order valence-electron chi connectivity index (χ0n) is 9.79. The Balaban J connectivity index is 1.77. The van der Waals surface area contributed by atoms with Gasteiger partial charge in [-0.25, -0.2) is 12.8 Å². The van der Waals surface area contributed by atoms with Crippen LogP contribution >= 0.6 is 0 Å². The van der Waals surface area contributed by atoms with E-state index in [9.17, 15) is 12.8 Å². The molecule has 0 aliphatic heterocycles. The van der Waals surface area contributed by atoms with Crippen LogP contribution in [0.3, 0.4) is 0 Å². The van der Waals surface area contributed by atoms with Crippen LogP contribution in [0.4, 0.5) is 4.39 Å². The number of sulfone groups is 1. The number of fused-ring (bicyclic) bond motifs is 9. The smallest absolute Gasteiger partial charge is 0.153 e. The van der Waals surface area contributed by atoms with Gasteiger partial charge in [-0.15, -0.1) is 0 Å². The highest BCUT2D eigenvalue weighted by Crippen LogP contribution is 2.66. The van der Waals surface area contributed by atoms with Gasteiger partial charge in [-0.2, -0.15) is 0 Å². The minimum atomic E-state index is -3.24. The van der Waals surface area contributed by atoms with Crippen molar-refractivity contribution >= 4 is 9.84 Å². The summed E-state index contributed by atoms with van der Waals surface area (Å²) in [6, 6.07) is 0. The van der Waals surface area contributed by atoms with Gasteiger partial charge in [0.25, 0.3) is 0 Å². The Bertz CT molecular complexity index is 498. The van der Waals surface area contributed by atoms with E-state index in [4.69, 9.17) is 0 Å². The van der Waals surface area contributed by atoms with Crippen molar-refractivity contribution in [3.05, 3.63) is 12.2 Å². The molecule has 8 unspecified atom stereocenters. The van der Waals surface area contributed by atoms with Gasteiger partial charge in [0, 0.05) is 6.26 Å². The summed E-state index contributed by atoms with van der Waals surface area (Å²) in [4.78, 5) is 0. The third-order valence-electron chi connectivity index (χ3n) is 5.76. The molecular weight excluding hydrogens is 239 g/mol. The Morgan fingerprint density at radius 3 is 2.24 bits per heavy atom. The lowest BCUT2D eigenvalue weighted by Gasteiger charge is -2.37. The normalized spacial score (nSPS) is 58.9. The molecule has 0 radical (unpaired) electrons. The minimum Gasteiger partial charge on any atom is -0.246 e. The van der Waals surface area contributed by atoms with E-state index in [1.54, 1.807) is 0 Å². The molecule has 8 atom stereocenters. The van der Waals surface area contributed by atoms with Gasteiger partial charge in [0.15, 0.2) is 9.84 Å². The third-order valence-corrected chi connectivity index (χ3v) is 7.35. The molecule has 0 spiro atoms. The molecule has 4 bridgehead atoms. The van der Waals surface area contributed by atoms with Crippen LogP contribution in [0, 0.1) is 35.5 Å². The molecule has 0 aromatic carbocycles. The van der Waals surface area contributed by atoms with Crippen molar-refractivity contribution in [3.8, 4) is 0 Å². The molecule has 4 rings (SSSR count). The fourth-order valence-corrected chi connectivity index (χ4v) is 7.06. The van der Waals surface area contributed by atoms with Gasteiger partial charge in [0.2, 0.25) is 0 Å². The molecule has 3 saturated carbocycles. The van der Waals surface area contributed by atoms with Crippen molar-refractivity contribution in [1.29, 1.82) is 0 Å². The fourth-order valence-electron chi connectivity index (χ4n) is 5.46. The molecule has 0 heterocycles. The van der Waals surface area contributed by atoms with Gasteiger partial charge in [0.05, 0.1) is 5.25 Å². The predicted molar refractivity (Wildman–Crippen MR) is 62.8 cm³/mol. The molecule has 4 aliphatic rings. The summed E-state index contributed by atoms with van der Waals surface area (Å²) in [5, 5.41) is -0.707. The molecule has 17 heavy (non-hydrogen) atoms. The van der Waals surface area contributed by atoms with E-state index >= 15 is 0 Å². The number of rotatable bonds is 1. The SMILES string of the molecule is CS(=O)(=O)C1C(F)C2CC1C1C3C=CC(C3)C21. The van der Waals surface area contributed by atoms with Crippen molar-refractivity contribution < 1.29 is 12.8 Å². The second-order valence-electron chi connectivity index (χ2n) is 6.40. The first-order valence-corrected chi connectivity index (χ1v) is 8.45. The maximum atomic E-state index is 14.3. The number of alkyl halides is 1. The van der Waals surface area contributed by atoms with Crippen LogP contribution in [-0.4, -0.2) is 26.1 Å². The number of hydrogen-bond donors (Lipinski definition) is 0. The molecular formula is C13H17FO2S. The second-order valence-corrected chi connectivity index (χ2v) is 8.61. The largest absolute Gasteiger partial charge is 0.246 e. The van der Waals surface area contributed by atoms with Crippen LogP contribution in [0.25, 0.3) is 0 Å². The lowest BCUT2D eigenvalue weighted by molar-refractivity contribution is 0.118. The average Bonchev–Trinajstić information content (AvgIpc) is 2.90. The quantitative estimate of drug-likeness (QED) is 0.530. The summed E-state index contributed by atoms with van der Waals surface area (Å²) in [5.41, 5.74) is 0. The lowest BCUT2D eigenvalue weighted by atomic mass is 9.72. The summed E-state index contributed by atoms with van der Waals surface area (Å²) < 4.78 is 37.9. The number of hydrogen-bond acceptors (Lipinski definition) is 2. The number of allylic oxidation sites excluding steroid dienone is 2. The molecule has 4 heteroatoms. The van der Waals surface area contributed by atoms with Crippen molar-refractivity contribution in [2.45, 2.75) is 24.3 Å². The standard InChI is InChI=1S/C13H17FO2S/c1-17(15,16)13-9-5-8(12(13)14)10-6-2-3-7(4-6)11(9)10/h2-3,6-13H,4-5H2,1H3. The van der Waals surface area contributed by atoms with Crippen LogP contribution in [0.5, 0.6) is 0 Å². The van der Waals surface area contributed by atoms with Gasteiger partial charge >= 0.3 is 0 Å². The van der Waals surface area contributed by atoms with Crippen LogP contribution < -0.4 is 0 Å². The number of halogens is 1. The lowest BCUT2D eigenvalue weighted by Crippen LogP contribution is -2.45. The zero-order chi connectivity index (χ0) is 11.9. The van der Waals surface area contributed by atoms with Crippen LogP contribution in [0.1, 0.15) is 12.8 Å². The highest BCUT2D eigenvalue weighted by atomic mass is 32.2. The fraction of sp³-hybridized carbons (Fsp3) is 0.846. The summed E-state index contributed by atoms with van der Waals surface area (Å²) in [6.45, 7) is 0. The van der Waals surface area contributed by atoms with E-state index in [0.29, 0.717) is 23.7 Å². The Morgan fingerprint density at radius 1 is 1.06 bits per heavy atom. The maximum absolute atomic E-state index is 14.3. The Kier molecular flexibility index (Phi) is 1.83. The summed E-state index contributed by atoms with van der Waals surface area (Å²) >= 11 is 0. The molecule has 94 valence electrons. The van der Waals surface area contributed by atoms with E-state index in [1.807, 2.05) is 0 Å². The second kappa shape index (κ2) is 2.95. The predicted octanol–water partition coefficient (Wildman–Crippen LogP) is 1.83. The van der Waals surface area contributed by atoms with Crippen molar-refractivity contribution in [2.75, 3.05) is 6.26 Å². The van der Waals surface area contributed by atoms with Crippen molar-refractivity contribution in [2.24, 2.45) is 35.5 Å². The van der Waals surface area contributed by atoms with Gasteiger partial charge in [-0.1, -0.05) is 12.2 Å². The third kappa shape index (κ3) is 1.13. The molecule has 0 aromatic heterocycles. The highest BCUT2D eigenvalue weighted by Gasteiger charge is 2.67. The molecule has 0 amide bonds. The molecule has 2 nitrogen and oxygen atoms in total. The first kappa shape index (κ1) is 10.5. The van der Waals surface area contributed by atoms with Crippen molar-refractivity contribution in [3.63, 3.8) is 0 Å². The van der Waals surface area contributed by atoms with Crippen LogP contribution in [-0.2, 0) is 9.84 Å². The summed E-state index contributed by atoms with van der Waals surface area (Å²) in [5.74, 6) is 2.10. The molecule has 0 N–H and O–H groups in total. The monoisotopic (exact) mass is 256 g/mol. The Morgan fingerprint density at radius 2 is 1.65 bits per heavy atom. The zero-order valence-corrected chi connectivity index (χ0v) is 10.6. The summed E-state index contributed by atoms with van der Waals surface area (Å²) in [6.07, 6.45) is 6.55. The van der Waals surface area contributed by atoms with E-state index in [0.717, 1.165) is 12.8 Å². The Hall–Kier alpha value is -0.380. The van der Waals surface area contributed by atoms with E-state index < -0.39 is 21.3 Å².